The highest BCUT2D eigenvalue weighted by Crippen LogP contribution is 2.42. The predicted molar refractivity (Wildman–Crippen MR) is 109 cm³/mol. The number of hydrogen-bond acceptors (Lipinski definition) is 5. The Balaban J connectivity index is 1.42. The summed E-state index contributed by atoms with van der Waals surface area (Å²) >= 11 is 1.79. The lowest BCUT2D eigenvalue weighted by atomic mass is 9.65. The summed E-state index contributed by atoms with van der Waals surface area (Å²) in [5.74, 6) is 1.59. The van der Waals surface area contributed by atoms with Crippen LogP contribution in [0, 0.1) is 17.8 Å². The lowest BCUT2D eigenvalue weighted by molar-refractivity contribution is -0.138. The van der Waals surface area contributed by atoms with Gasteiger partial charge >= 0.3 is 0 Å². The van der Waals surface area contributed by atoms with Crippen LogP contribution in [-0.2, 0) is 9.53 Å². The van der Waals surface area contributed by atoms with Gasteiger partial charge in [0.15, 0.2) is 0 Å². The van der Waals surface area contributed by atoms with Crippen molar-refractivity contribution in [1.82, 2.24) is 9.80 Å². The molecule has 0 aromatic carbocycles. The number of ether oxygens (including phenoxy) is 1. The molecule has 1 saturated heterocycles. The largest absolute Gasteiger partial charge is 0.379 e. The summed E-state index contributed by atoms with van der Waals surface area (Å²) in [6, 6.07) is 4.90. The van der Waals surface area contributed by atoms with Crippen molar-refractivity contribution in [3.8, 4) is 0 Å². The molecule has 1 aromatic rings. The molecule has 27 heavy (non-hydrogen) atoms. The average Bonchev–Trinajstić information content (AvgIpc) is 3.20. The molecule has 2 aliphatic carbocycles. The Labute approximate surface area is 166 Å². The van der Waals surface area contributed by atoms with Crippen LogP contribution in [0.5, 0.6) is 0 Å². The summed E-state index contributed by atoms with van der Waals surface area (Å²) in [5, 5.41) is 2.13. The Morgan fingerprint density at radius 1 is 1.33 bits per heavy atom. The number of nitrogens with zero attached hydrogens (tertiary/aromatic N) is 2. The number of morpholine rings is 1. The van der Waals surface area contributed by atoms with Gasteiger partial charge in [0, 0.05) is 43.5 Å². The van der Waals surface area contributed by atoms with Gasteiger partial charge in [-0.1, -0.05) is 12.5 Å². The second kappa shape index (κ2) is 8.60. The number of carbonyl (C=O) groups excluding carboxylic acids is 1. The van der Waals surface area contributed by atoms with E-state index in [-0.39, 0.29) is 12.0 Å². The highest BCUT2D eigenvalue weighted by molar-refractivity contribution is 7.10. The van der Waals surface area contributed by atoms with Crippen LogP contribution in [0.25, 0.3) is 0 Å². The first-order valence-corrected chi connectivity index (χ1v) is 11.4. The summed E-state index contributed by atoms with van der Waals surface area (Å²) in [7, 11) is 1.99. The maximum absolute atomic E-state index is 13.3. The molecule has 5 nitrogen and oxygen atoms in total. The molecule has 3 aliphatic rings. The van der Waals surface area contributed by atoms with E-state index >= 15 is 0 Å². The van der Waals surface area contributed by atoms with E-state index in [0.29, 0.717) is 23.8 Å². The van der Waals surface area contributed by atoms with Crippen molar-refractivity contribution < 1.29 is 9.53 Å². The SMILES string of the molecule is CN(CC(c1cccs1)N1CCOCC1)C(=O)C1CC2CCCC(C1)C2N. The van der Waals surface area contributed by atoms with E-state index in [2.05, 4.69) is 22.4 Å². The molecule has 3 atom stereocenters. The van der Waals surface area contributed by atoms with Crippen molar-refractivity contribution in [2.45, 2.75) is 44.2 Å². The molecule has 150 valence electrons. The maximum atomic E-state index is 13.3. The lowest BCUT2D eigenvalue weighted by Gasteiger charge is -2.44. The van der Waals surface area contributed by atoms with Crippen LogP contribution in [0.4, 0.5) is 0 Å². The molecule has 2 bridgehead atoms. The van der Waals surface area contributed by atoms with Crippen molar-refractivity contribution in [1.29, 1.82) is 0 Å². The number of nitrogens with two attached hydrogens (primary N) is 1. The minimum absolute atomic E-state index is 0.166. The molecule has 4 rings (SSSR count). The maximum Gasteiger partial charge on any atom is 0.225 e. The quantitative estimate of drug-likeness (QED) is 0.838. The van der Waals surface area contributed by atoms with Gasteiger partial charge in [-0.25, -0.2) is 0 Å². The van der Waals surface area contributed by atoms with Crippen molar-refractivity contribution in [2.24, 2.45) is 23.5 Å². The topological polar surface area (TPSA) is 58.8 Å². The first-order valence-electron chi connectivity index (χ1n) is 10.5. The van der Waals surface area contributed by atoms with Gasteiger partial charge in [-0.15, -0.1) is 11.3 Å². The molecule has 1 amide bonds. The minimum atomic E-state index is 0.166. The fraction of sp³-hybridized carbons (Fsp3) is 0.762. The number of amides is 1. The third kappa shape index (κ3) is 4.24. The van der Waals surface area contributed by atoms with Crippen LogP contribution in [-0.4, -0.2) is 61.6 Å². The van der Waals surface area contributed by atoms with Crippen molar-refractivity contribution in [3.05, 3.63) is 22.4 Å². The number of carbonyl (C=O) groups is 1. The van der Waals surface area contributed by atoms with Crippen LogP contribution in [0.15, 0.2) is 17.5 Å². The normalized spacial score (nSPS) is 32.8. The molecule has 6 heteroatoms. The first kappa shape index (κ1) is 19.4. The van der Waals surface area contributed by atoms with Gasteiger partial charge in [-0.3, -0.25) is 9.69 Å². The Hall–Kier alpha value is -0.950. The molecule has 0 spiro atoms. The third-order valence-electron chi connectivity index (χ3n) is 6.94. The van der Waals surface area contributed by atoms with Gasteiger partial charge in [0.05, 0.1) is 19.3 Å². The number of thiophene rings is 1. The van der Waals surface area contributed by atoms with E-state index in [1.807, 2.05) is 11.9 Å². The van der Waals surface area contributed by atoms with Gasteiger partial charge in [0.25, 0.3) is 0 Å². The molecular weight excluding hydrogens is 358 g/mol. The van der Waals surface area contributed by atoms with Crippen molar-refractivity contribution in [2.75, 3.05) is 39.9 Å². The van der Waals surface area contributed by atoms with E-state index in [4.69, 9.17) is 10.5 Å². The summed E-state index contributed by atoms with van der Waals surface area (Å²) in [6.07, 6.45) is 5.68. The summed E-state index contributed by atoms with van der Waals surface area (Å²) in [6.45, 7) is 4.20. The van der Waals surface area contributed by atoms with Gasteiger partial charge in [0.1, 0.15) is 0 Å². The zero-order chi connectivity index (χ0) is 18.8. The van der Waals surface area contributed by atoms with E-state index in [0.717, 1.165) is 45.7 Å². The zero-order valence-electron chi connectivity index (χ0n) is 16.4. The predicted octanol–water partition coefficient (Wildman–Crippen LogP) is 2.73. The first-order chi connectivity index (χ1) is 13.1. The molecule has 2 N–H and O–H groups in total. The lowest BCUT2D eigenvalue weighted by Crippen LogP contribution is -2.50. The van der Waals surface area contributed by atoms with Crippen LogP contribution in [0.2, 0.25) is 0 Å². The molecule has 3 fully saturated rings. The molecule has 1 aromatic heterocycles. The third-order valence-corrected chi connectivity index (χ3v) is 7.92. The molecular formula is C21H33N3O2S. The van der Waals surface area contributed by atoms with Gasteiger partial charge in [-0.05, 0) is 49.0 Å². The van der Waals surface area contributed by atoms with Crippen LogP contribution < -0.4 is 5.73 Å². The number of likely N-dealkylation sites (N-methyl/N-ethyl adjacent to an activating group) is 1. The van der Waals surface area contributed by atoms with Crippen LogP contribution in [0.1, 0.15) is 43.0 Å². The zero-order valence-corrected chi connectivity index (χ0v) is 17.2. The Morgan fingerprint density at radius 3 is 2.67 bits per heavy atom. The van der Waals surface area contributed by atoms with E-state index < -0.39 is 0 Å². The van der Waals surface area contributed by atoms with E-state index in [1.54, 1.807) is 11.3 Å². The van der Waals surface area contributed by atoms with E-state index in [1.165, 1.54) is 24.1 Å². The van der Waals surface area contributed by atoms with E-state index in [9.17, 15) is 4.79 Å². The van der Waals surface area contributed by atoms with Crippen molar-refractivity contribution in [3.63, 3.8) is 0 Å². The second-order valence-electron chi connectivity index (χ2n) is 8.60. The average molecular weight is 392 g/mol. The fourth-order valence-corrected chi connectivity index (χ4v) is 6.26. The summed E-state index contributed by atoms with van der Waals surface area (Å²) in [4.78, 5) is 19.1. The Kier molecular flexibility index (Phi) is 6.17. The standard InChI is InChI=1S/C21H33N3O2S/c1-23(21(25)17-12-15-4-2-5-16(13-17)20(15)22)14-18(19-6-3-11-27-19)24-7-9-26-10-8-24/h3,6,11,15-18,20H,2,4-5,7-10,12-14,22H2,1H3. The van der Waals surface area contributed by atoms with Crippen LogP contribution >= 0.6 is 11.3 Å². The minimum Gasteiger partial charge on any atom is -0.379 e. The Bertz CT molecular complexity index is 603. The smallest absolute Gasteiger partial charge is 0.225 e. The Morgan fingerprint density at radius 2 is 2.04 bits per heavy atom. The van der Waals surface area contributed by atoms with Gasteiger partial charge in [0.2, 0.25) is 5.91 Å². The number of hydrogen-bond donors (Lipinski definition) is 1. The fourth-order valence-electron chi connectivity index (χ4n) is 5.41. The molecule has 2 heterocycles. The summed E-state index contributed by atoms with van der Waals surface area (Å²) in [5.41, 5.74) is 6.42. The highest BCUT2D eigenvalue weighted by Gasteiger charge is 2.41. The van der Waals surface area contributed by atoms with Gasteiger partial charge in [-0.2, -0.15) is 0 Å². The molecule has 1 aliphatic heterocycles. The molecule has 2 saturated carbocycles. The van der Waals surface area contributed by atoms with Gasteiger partial charge < -0.3 is 15.4 Å². The molecule has 3 unspecified atom stereocenters. The monoisotopic (exact) mass is 391 g/mol. The molecule has 0 radical (unpaired) electrons. The van der Waals surface area contributed by atoms with Crippen molar-refractivity contribution >= 4 is 17.2 Å². The van der Waals surface area contributed by atoms with Crippen LogP contribution in [0.3, 0.4) is 0 Å². The number of fused-ring (bicyclic) bond motifs is 2. The summed E-state index contributed by atoms with van der Waals surface area (Å²) < 4.78 is 5.54. The number of rotatable bonds is 5. The second-order valence-corrected chi connectivity index (χ2v) is 9.57. The highest BCUT2D eigenvalue weighted by atomic mass is 32.1.